The standard InChI is InChI=1S/C20H37N5OS.HI/c1-5-16(6-2)18(25-10-12-26-13-11-25)15-24-20(21-4)22-9-8-19-23-14-17(7-3)27-19;/h14,16,18H,5-13,15H2,1-4H3,(H2,21,22,24);1H. The van der Waals surface area contributed by atoms with Crippen LogP contribution in [-0.4, -0.2) is 68.3 Å². The predicted octanol–water partition coefficient (Wildman–Crippen LogP) is 3.17. The average Bonchev–Trinajstić information content (AvgIpc) is 3.18. The van der Waals surface area contributed by atoms with Crippen LogP contribution in [-0.2, 0) is 17.6 Å². The van der Waals surface area contributed by atoms with Crippen molar-refractivity contribution in [3.8, 4) is 0 Å². The summed E-state index contributed by atoms with van der Waals surface area (Å²) in [7, 11) is 1.84. The number of guanidine groups is 1. The smallest absolute Gasteiger partial charge is 0.191 e. The molecule has 0 aliphatic carbocycles. The van der Waals surface area contributed by atoms with Gasteiger partial charge >= 0.3 is 0 Å². The van der Waals surface area contributed by atoms with Crippen LogP contribution >= 0.6 is 35.3 Å². The molecular weight excluding hydrogens is 485 g/mol. The van der Waals surface area contributed by atoms with Crippen molar-refractivity contribution in [2.24, 2.45) is 10.9 Å². The number of nitrogens with zero attached hydrogens (tertiary/aromatic N) is 3. The first kappa shape index (κ1) is 25.6. The zero-order valence-corrected chi connectivity index (χ0v) is 21.0. The number of rotatable bonds is 10. The van der Waals surface area contributed by atoms with Crippen molar-refractivity contribution in [2.75, 3.05) is 46.4 Å². The molecule has 2 heterocycles. The van der Waals surface area contributed by atoms with Gasteiger partial charge in [0, 0.05) is 56.8 Å². The summed E-state index contributed by atoms with van der Waals surface area (Å²) in [5.41, 5.74) is 0. The Balaban J connectivity index is 0.00000392. The molecule has 1 aromatic rings. The van der Waals surface area contributed by atoms with Crippen LogP contribution < -0.4 is 10.6 Å². The molecule has 2 N–H and O–H groups in total. The Morgan fingerprint density at radius 2 is 1.96 bits per heavy atom. The number of aliphatic imine (C=N–C) groups is 1. The number of halogens is 1. The van der Waals surface area contributed by atoms with Gasteiger partial charge < -0.3 is 15.4 Å². The van der Waals surface area contributed by atoms with Gasteiger partial charge in [0.05, 0.1) is 18.2 Å². The molecule has 8 heteroatoms. The molecule has 0 spiro atoms. The zero-order chi connectivity index (χ0) is 19.5. The van der Waals surface area contributed by atoms with Crippen LogP contribution in [0.5, 0.6) is 0 Å². The van der Waals surface area contributed by atoms with Crippen molar-refractivity contribution in [2.45, 2.75) is 52.5 Å². The average molecular weight is 524 g/mol. The molecule has 2 rings (SSSR count). The molecule has 0 radical (unpaired) electrons. The second-order valence-corrected chi connectivity index (χ2v) is 8.20. The van der Waals surface area contributed by atoms with Crippen molar-refractivity contribution in [3.05, 3.63) is 16.1 Å². The molecule has 1 saturated heterocycles. The van der Waals surface area contributed by atoms with Gasteiger partial charge in [0.1, 0.15) is 0 Å². The molecule has 1 aliphatic heterocycles. The third-order valence-electron chi connectivity index (χ3n) is 5.39. The number of nitrogens with one attached hydrogen (secondary N) is 2. The fraction of sp³-hybridized carbons (Fsp3) is 0.800. The van der Waals surface area contributed by atoms with Crippen molar-refractivity contribution < 1.29 is 4.74 Å². The molecule has 6 nitrogen and oxygen atoms in total. The lowest BCUT2D eigenvalue weighted by atomic mass is 9.92. The largest absolute Gasteiger partial charge is 0.379 e. The number of aryl methyl sites for hydroxylation is 1. The molecule has 1 fully saturated rings. The normalized spacial score (nSPS) is 16.7. The Hall–Kier alpha value is -0.450. The molecule has 1 aliphatic rings. The van der Waals surface area contributed by atoms with E-state index in [0.717, 1.165) is 58.2 Å². The molecule has 28 heavy (non-hydrogen) atoms. The van der Waals surface area contributed by atoms with E-state index in [4.69, 9.17) is 4.74 Å². The van der Waals surface area contributed by atoms with Crippen LogP contribution in [0, 0.1) is 5.92 Å². The number of hydrogen-bond donors (Lipinski definition) is 2. The molecule has 0 aromatic carbocycles. The van der Waals surface area contributed by atoms with E-state index < -0.39 is 0 Å². The number of morpholine rings is 1. The zero-order valence-electron chi connectivity index (χ0n) is 17.9. The van der Waals surface area contributed by atoms with E-state index in [9.17, 15) is 0 Å². The number of hydrogen-bond acceptors (Lipinski definition) is 5. The minimum absolute atomic E-state index is 0. The highest BCUT2D eigenvalue weighted by Gasteiger charge is 2.26. The Labute approximate surface area is 192 Å². The SMILES string of the molecule is CCc1cnc(CCNC(=NC)NCC(C(CC)CC)N2CCOCC2)s1.I. The summed E-state index contributed by atoms with van der Waals surface area (Å²) in [5.74, 6) is 1.57. The maximum absolute atomic E-state index is 5.55. The van der Waals surface area contributed by atoms with Crippen molar-refractivity contribution in [3.63, 3.8) is 0 Å². The summed E-state index contributed by atoms with van der Waals surface area (Å²) in [6.45, 7) is 12.3. The molecule has 1 aromatic heterocycles. The minimum Gasteiger partial charge on any atom is -0.379 e. The minimum atomic E-state index is 0. The Morgan fingerprint density at radius 1 is 1.25 bits per heavy atom. The molecule has 0 amide bonds. The number of ether oxygens (including phenoxy) is 1. The lowest BCUT2D eigenvalue weighted by Crippen LogP contribution is -2.53. The second-order valence-electron chi connectivity index (χ2n) is 7.00. The predicted molar refractivity (Wildman–Crippen MR) is 130 cm³/mol. The van der Waals surface area contributed by atoms with Gasteiger partial charge in [-0.05, 0) is 12.3 Å². The number of thiazole rings is 1. The number of aromatic nitrogens is 1. The van der Waals surface area contributed by atoms with Gasteiger partial charge in [-0.1, -0.05) is 33.6 Å². The Bertz CT molecular complexity index is 559. The van der Waals surface area contributed by atoms with Crippen LogP contribution in [0.1, 0.15) is 43.5 Å². The van der Waals surface area contributed by atoms with Crippen LogP contribution in [0.4, 0.5) is 0 Å². The molecule has 1 atom stereocenters. The van der Waals surface area contributed by atoms with E-state index in [1.807, 2.05) is 24.6 Å². The Kier molecular flexibility index (Phi) is 13.3. The summed E-state index contributed by atoms with van der Waals surface area (Å²) < 4.78 is 5.55. The van der Waals surface area contributed by atoms with Crippen LogP contribution in [0.3, 0.4) is 0 Å². The maximum atomic E-state index is 5.55. The fourth-order valence-corrected chi connectivity index (χ4v) is 4.53. The van der Waals surface area contributed by atoms with Crippen LogP contribution in [0.2, 0.25) is 0 Å². The van der Waals surface area contributed by atoms with E-state index in [2.05, 4.69) is 46.3 Å². The lowest BCUT2D eigenvalue weighted by molar-refractivity contribution is 0.00272. The van der Waals surface area contributed by atoms with Gasteiger partial charge in [-0.25, -0.2) is 4.98 Å². The highest BCUT2D eigenvalue weighted by atomic mass is 127. The van der Waals surface area contributed by atoms with Crippen molar-refractivity contribution >= 4 is 41.3 Å². The summed E-state index contributed by atoms with van der Waals surface area (Å²) >= 11 is 1.81. The molecule has 1 unspecified atom stereocenters. The first-order chi connectivity index (χ1) is 13.2. The van der Waals surface area contributed by atoms with E-state index in [0.29, 0.717) is 12.0 Å². The summed E-state index contributed by atoms with van der Waals surface area (Å²) in [5, 5.41) is 8.19. The fourth-order valence-electron chi connectivity index (χ4n) is 3.67. The molecule has 0 saturated carbocycles. The monoisotopic (exact) mass is 523 g/mol. The summed E-state index contributed by atoms with van der Waals surface area (Å²) in [6.07, 6.45) is 6.40. The topological polar surface area (TPSA) is 61.8 Å². The van der Waals surface area contributed by atoms with Gasteiger partial charge in [0.15, 0.2) is 5.96 Å². The van der Waals surface area contributed by atoms with Gasteiger partial charge in [-0.15, -0.1) is 35.3 Å². The van der Waals surface area contributed by atoms with E-state index in [-0.39, 0.29) is 24.0 Å². The second kappa shape index (κ2) is 14.5. The first-order valence-corrected chi connectivity index (χ1v) is 11.2. The van der Waals surface area contributed by atoms with E-state index in [1.54, 1.807) is 0 Å². The van der Waals surface area contributed by atoms with Gasteiger partial charge in [0.2, 0.25) is 0 Å². The quantitative estimate of drug-likeness (QED) is 0.280. The highest BCUT2D eigenvalue weighted by Crippen LogP contribution is 2.19. The Morgan fingerprint density at radius 3 is 2.54 bits per heavy atom. The lowest BCUT2D eigenvalue weighted by Gasteiger charge is -2.39. The van der Waals surface area contributed by atoms with E-state index in [1.165, 1.54) is 22.7 Å². The van der Waals surface area contributed by atoms with Crippen molar-refractivity contribution in [1.29, 1.82) is 0 Å². The molecular formula is C20H38IN5OS. The first-order valence-electron chi connectivity index (χ1n) is 10.4. The van der Waals surface area contributed by atoms with Gasteiger partial charge in [0.25, 0.3) is 0 Å². The molecule has 0 bridgehead atoms. The van der Waals surface area contributed by atoms with Crippen molar-refractivity contribution in [1.82, 2.24) is 20.5 Å². The van der Waals surface area contributed by atoms with Gasteiger partial charge in [-0.3, -0.25) is 9.89 Å². The van der Waals surface area contributed by atoms with Crippen LogP contribution in [0.15, 0.2) is 11.2 Å². The summed E-state index contributed by atoms with van der Waals surface area (Å²) in [4.78, 5) is 12.8. The van der Waals surface area contributed by atoms with Gasteiger partial charge in [-0.2, -0.15) is 0 Å². The highest BCUT2D eigenvalue weighted by molar-refractivity contribution is 14.0. The van der Waals surface area contributed by atoms with E-state index >= 15 is 0 Å². The van der Waals surface area contributed by atoms with Crippen LogP contribution in [0.25, 0.3) is 0 Å². The third-order valence-corrected chi connectivity index (χ3v) is 6.59. The third kappa shape index (κ3) is 8.12. The summed E-state index contributed by atoms with van der Waals surface area (Å²) in [6, 6.07) is 0.522. The maximum Gasteiger partial charge on any atom is 0.191 e. The molecule has 162 valence electrons.